The Morgan fingerprint density at radius 3 is 2.94 bits per heavy atom. The van der Waals surface area contributed by atoms with E-state index in [-0.39, 0.29) is 17.8 Å². The Labute approximate surface area is 105 Å². The third-order valence-electron chi connectivity index (χ3n) is 3.05. The number of carboxylic acids is 1. The summed E-state index contributed by atoms with van der Waals surface area (Å²) < 4.78 is 18.8. The van der Waals surface area contributed by atoms with Crippen LogP contribution in [0.25, 0.3) is 0 Å². The predicted molar refractivity (Wildman–Crippen MR) is 65.4 cm³/mol. The minimum atomic E-state index is -1.26. The maximum absolute atomic E-state index is 13.2. The number of benzene rings is 1. The number of hydrogen-bond acceptors (Lipinski definition) is 3. The second-order valence-electron chi connectivity index (χ2n) is 4.53. The number of carbonyl (C=O) groups is 1. The van der Waals surface area contributed by atoms with Crippen molar-refractivity contribution in [3.8, 4) is 0 Å². The monoisotopic (exact) mass is 253 g/mol. The molecule has 2 N–H and O–H groups in total. The summed E-state index contributed by atoms with van der Waals surface area (Å²) in [6.45, 7) is 2.63. The van der Waals surface area contributed by atoms with Gasteiger partial charge in [-0.2, -0.15) is 0 Å². The van der Waals surface area contributed by atoms with E-state index in [1.54, 1.807) is 0 Å². The van der Waals surface area contributed by atoms with Crippen molar-refractivity contribution in [2.24, 2.45) is 0 Å². The summed E-state index contributed by atoms with van der Waals surface area (Å²) in [4.78, 5) is 10.8. The molecule has 0 bridgehead atoms. The van der Waals surface area contributed by atoms with Gasteiger partial charge in [-0.3, -0.25) is 0 Å². The lowest BCUT2D eigenvalue weighted by molar-refractivity contribution is 0.0637. The molecule has 1 heterocycles. The molecule has 0 amide bonds. The second kappa shape index (κ2) is 5.35. The van der Waals surface area contributed by atoms with Crippen LogP contribution < -0.4 is 5.32 Å². The Morgan fingerprint density at radius 1 is 1.56 bits per heavy atom. The van der Waals surface area contributed by atoms with Gasteiger partial charge in [0.2, 0.25) is 0 Å². The summed E-state index contributed by atoms with van der Waals surface area (Å²) >= 11 is 0. The van der Waals surface area contributed by atoms with Crippen LogP contribution in [0.5, 0.6) is 0 Å². The van der Waals surface area contributed by atoms with Gasteiger partial charge in [0.25, 0.3) is 0 Å². The molecule has 1 saturated heterocycles. The van der Waals surface area contributed by atoms with E-state index in [0.29, 0.717) is 12.2 Å². The summed E-state index contributed by atoms with van der Waals surface area (Å²) in [5.74, 6) is -1.99. The molecule has 4 nitrogen and oxygen atoms in total. The van der Waals surface area contributed by atoms with Gasteiger partial charge in [0.05, 0.1) is 17.8 Å². The highest BCUT2D eigenvalue weighted by Crippen LogP contribution is 2.20. The van der Waals surface area contributed by atoms with Gasteiger partial charge < -0.3 is 15.2 Å². The standard InChI is InChI=1S/C13H16FNO3/c1-8-2-4-10(18-8)7-15-9-3-5-12(14)11(6-9)13(16)17/h3,5-6,8,10,15H,2,4,7H2,1H3,(H,16,17). The molecule has 98 valence electrons. The van der Waals surface area contributed by atoms with Gasteiger partial charge in [-0.25, -0.2) is 9.18 Å². The lowest BCUT2D eigenvalue weighted by atomic mass is 10.1. The largest absolute Gasteiger partial charge is 0.478 e. The van der Waals surface area contributed by atoms with E-state index in [4.69, 9.17) is 9.84 Å². The molecule has 2 atom stereocenters. The van der Waals surface area contributed by atoms with Gasteiger partial charge in [-0.05, 0) is 38.0 Å². The first-order valence-electron chi connectivity index (χ1n) is 5.98. The molecular weight excluding hydrogens is 237 g/mol. The van der Waals surface area contributed by atoms with Crippen molar-refractivity contribution in [3.63, 3.8) is 0 Å². The molecule has 0 radical (unpaired) electrons. The fraction of sp³-hybridized carbons (Fsp3) is 0.462. The van der Waals surface area contributed by atoms with Gasteiger partial charge in [0, 0.05) is 12.2 Å². The minimum Gasteiger partial charge on any atom is -0.478 e. The molecule has 0 saturated carbocycles. The number of aromatic carboxylic acids is 1. The molecule has 2 rings (SSSR count). The van der Waals surface area contributed by atoms with E-state index in [0.717, 1.165) is 18.9 Å². The van der Waals surface area contributed by atoms with E-state index < -0.39 is 11.8 Å². The molecule has 0 spiro atoms. The maximum atomic E-state index is 13.2. The normalized spacial score (nSPS) is 23.0. The fourth-order valence-electron chi connectivity index (χ4n) is 2.07. The number of carboxylic acid groups (broad SMARTS) is 1. The summed E-state index contributed by atoms with van der Waals surface area (Å²) in [5, 5.41) is 11.9. The van der Waals surface area contributed by atoms with Crippen LogP contribution in [0.2, 0.25) is 0 Å². The molecule has 1 fully saturated rings. The number of halogens is 1. The first-order chi connectivity index (χ1) is 8.56. The Hall–Kier alpha value is -1.62. The SMILES string of the molecule is CC1CCC(CNc2ccc(F)c(C(=O)O)c2)O1. The minimum absolute atomic E-state index is 0.137. The Bertz CT molecular complexity index is 450. The Morgan fingerprint density at radius 2 is 2.33 bits per heavy atom. The van der Waals surface area contributed by atoms with Crippen LogP contribution in [-0.2, 0) is 4.74 Å². The zero-order chi connectivity index (χ0) is 13.1. The van der Waals surface area contributed by atoms with E-state index >= 15 is 0 Å². The first kappa shape index (κ1) is 12.8. The number of anilines is 1. The molecule has 1 aliphatic rings. The summed E-state index contributed by atoms with van der Waals surface area (Å²) in [6.07, 6.45) is 2.44. The van der Waals surface area contributed by atoms with E-state index in [2.05, 4.69) is 5.32 Å². The molecule has 1 aromatic carbocycles. The maximum Gasteiger partial charge on any atom is 0.338 e. The molecule has 18 heavy (non-hydrogen) atoms. The number of hydrogen-bond donors (Lipinski definition) is 2. The van der Waals surface area contributed by atoms with Gasteiger partial charge in [0.15, 0.2) is 0 Å². The quantitative estimate of drug-likeness (QED) is 0.865. The zero-order valence-electron chi connectivity index (χ0n) is 10.1. The summed E-state index contributed by atoms with van der Waals surface area (Å²) in [5.41, 5.74) is 0.276. The van der Waals surface area contributed by atoms with Crippen molar-refractivity contribution < 1.29 is 19.0 Å². The average Bonchev–Trinajstić information content (AvgIpc) is 2.74. The highest BCUT2D eigenvalue weighted by Gasteiger charge is 2.21. The number of rotatable bonds is 4. The van der Waals surface area contributed by atoms with Crippen molar-refractivity contribution >= 4 is 11.7 Å². The van der Waals surface area contributed by atoms with Crippen molar-refractivity contribution in [3.05, 3.63) is 29.6 Å². The molecule has 2 unspecified atom stereocenters. The Kier molecular flexibility index (Phi) is 3.81. The number of ether oxygens (including phenoxy) is 1. The summed E-state index contributed by atoms with van der Waals surface area (Å²) in [7, 11) is 0. The van der Waals surface area contributed by atoms with Gasteiger partial charge in [-0.1, -0.05) is 0 Å². The van der Waals surface area contributed by atoms with Crippen LogP contribution in [0.3, 0.4) is 0 Å². The van der Waals surface area contributed by atoms with Crippen LogP contribution in [0, 0.1) is 5.82 Å². The third kappa shape index (κ3) is 2.98. The van der Waals surface area contributed by atoms with Gasteiger partial charge >= 0.3 is 5.97 Å². The van der Waals surface area contributed by atoms with E-state index in [1.807, 2.05) is 6.92 Å². The van der Waals surface area contributed by atoms with Crippen LogP contribution in [0.15, 0.2) is 18.2 Å². The van der Waals surface area contributed by atoms with Crippen LogP contribution in [0.4, 0.5) is 10.1 Å². The molecule has 1 aliphatic heterocycles. The molecule has 0 aliphatic carbocycles. The van der Waals surface area contributed by atoms with Crippen molar-refractivity contribution in [1.29, 1.82) is 0 Å². The third-order valence-corrected chi connectivity index (χ3v) is 3.05. The zero-order valence-corrected chi connectivity index (χ0v) is 10.1. The average molecular weight is 253 g/mol. The van der Waals surface area contributed by atoms with Crippen molar-refractivity contribution in [2.45, 2.75) is 32.0 Å². The van der Waals surface area contributed by atoms with Gasteiger partial charge in [0.1, 0.15) is 5.82 Å². The van der Waals surface area contributed by atoms with Crippen LogP contribution in [-0.4, -0.2) is 29.8 Å². The van der Waals surface area contributed by atoms with E-state index in [9.17, 15) is 9.18 Å². The molecular formula is C13H16FNO3. The topological polar surface area (TPSA) is 58.6 Å². The lowest BCUT2D eigenvalue weighted by Crippen LogP contribution is -2.20. The highest BCUT2D eigenvalue weighted by molar-refractivity contribution is 5.89. The van der Waals surface area contributed by atoms with E-state index in [1.165, 1.54) is 12.1 Å². The molecule has 0 aromatic heterocycles. The summed E-state index contributed by atoms with van der Waals surface area (Å²) in [6, 6.07) is 3.99. The molecule has 5 heteroatoms. The first-order valence-corrected chi connectivity index (χ1v) is 5.98. The Balaban J connectivity index is 1.97. The van der Waals surface area contributed by atoms with Crippen LogP contribution >= 0.6 is 0 Å². The smallest absolute Gasteiger partial charge is 0.338 e. The number of nitrogens with one attached hydrogen (secondary N) is 1. The van der Waals surface area contributed by atoms with Crippen LogP contribution in [0.1, 0.15) is 30.1 Å². The van der Waals surface area contributed by atoms with Crippen molar-refractivity contribution in [1.82, 2.24) is 0 Å². The fourth-order valence-corrected chi connectivity index (χ4v) is 2.07. The highest BCUT2D eigenvalue weighted by atomic mass is 19.1. The van der Waals surface area contributed by atoms with Crippen molar-refractivity contribution in [2.75, 3.05) is 11.9 Å². The van der Waals surface area contributed by atoms with Gasteiger partial charge in [-0.15, -0.1) is 0 Å². The molecule has 1 aromatic rings. The lowest BCUT2D eigenvalue weighted by Gasteiger charge is -2.13. The predicted octanol–water partition coefficient (Wildman–Crippen LogP) is 2.50. The second-order valence-corrected chi connectivity index (χ2v) is 4.53.